The van der Waals surface area contributed by atoms with E-state index in [2.05, 4.69) is 0 Å². The zero-order valence-corrected chi connectivity index (χ0v) is 14.4. The van der Waals surface area contributed by atoms with E-state index >= 15 is 0 Å². The van der Waals surface area contributed by atoms with Gasteiger partial charge >= 0.3 is 0 Å². The zero-order chi connectivity index (χ0) is 18.4. The number of primary amides is 1. The third kappa shape index (κ3) is 3.01. The van der Waals surface area contributed by atoms with E-state index in [-0.39, 0.29) is 12.0 Å². The molecule has 3 rings (SSSR count). The molecule has 2 fully saturated rings. The van der Waals surface area contributed by atoms with Crippen LogP contribution in [-0.4, -0.2) is 40.5 Å². The molecule has 0 unspecified atom stereocenters. The lowest BCUT2D eigenvalue weighted by Gasteiger charge is -2.38. The Morgan fingerprint density at radius 3 is 2.76 bits per heavy atom. The maximum Gasteiger partial charge on any atom is 0.257 e. The Bertz CT molecular complexity index is 722. The van der Waals surface area contributed by atoms with E-state index in [0.717, 1.165) is 6.07 Å². The lowest BCUT2D eigenvalue weighted by Crippen LogP contribution is -2.53. The summed E-state index contributed by atoms with van der Waals surface area (Å²) in [6, 6.07) is 3.56. The van der Waals surface area contributed by atoms with Crippen LogP contribution in [0.2, 0.25) is 0 Å². The number of carbonyl (C=O) groups is 2. The third-order valence-corrected chi connectivity index (χ3v) is 5.14. The number of likely N-dealkylation sites (tertiary alicyclic amines) is 1. The fourth-order valence-corrected chi connectivity index (χ4v) is 4.34. The van der Waals surface area contributed by atoms with Crippen molar-refractivity contribution < 1.29 is 23.1 Å². The number of carbonyl (C=O) groups excluding carboxylic acids is 2. The number of amides is 2. The van der Waals surface area contributed by atoms with E-state index in [9.17, 15) is 18.4 Å². The Morgan fingerprint density at radius 1 is 1.36 bits per heavy atom. The van der Waals surface area contributed by atoms with Gasteiger partial charge in [-0.15, -0.1) is 0 Å². The van der Waals surface area contributed by atoms with Gasteiger partial charge in [-0.3, -0.25) is 9.59 Å². The summed E-state index contributed by atoms with van der Waals surface area (Å²) in [6.07, 6.45) is 1.29. The van der Waals surface area contributed by atoms with Gasteiger partial charge in [0.25, 0.3) is 5.91 Å². The molecule has 2 atom stereocenters. The van der Waals surface area contributed by atoms with Gasteiger partial charge in [0.1, 0.15) is 0 Å². The third-order valence-electron chi connectivity index (χ3n) is 5.14. The predicted molar refractivity (Wildman–Crippen MR) is 86.7 cm³/mol. The van der Waals surface area contributed by atoms with Gasteiger partial charge in [0.05, 0.1) is 29.2 Å². The first kappa shape index (κ1) is 17.8. The van der Waals surface area contributed by atoms with E-state index < -0.39 is 40.7 Å². The summed E-state index contributed by atoms with van der Waals surface area (Å²) >= 11 is 0. The highest BCUT2D eigenvalue weighted by molar-refractivity contribution is 5.95. The van der Waals surface area contributed by atoms with Crippen LogP contribution in [0, 0.1) is 11.6 Å². The van der Waals surface area contributed by atoms with Crippen molar-refractivity contribution in [3.8, 4) is 0 Å². The van der Waals surface area contributed by atoms with E-state index in [1.54, 1.807) is 4.90 Å². The van der Waals surface area contributed by atoms with Crippen molar-refractivity contribution in [1.29, 1.82) is 0 Å². The Hall–Kier alpha value is -2.02. The quantitative estimate of drug-likeness (QED) is 0.908. The number of hydrogen-bond acceptors (Lipinski definition) is 3. The van der Waals surface area contributed by atoms with Crippen LogP contribution in [0.3, 0.4) is 0 Å². The Labute approximate surface area is 145 Å². The highest BCUT2D eigenvalue weighted by Crippen LogP contribution is 2.49. The number of hydrogen-bond donors (Lipinski definition) is 1. The van der Waals surface area contributed by atoms with Crippen molar-refractivity contribution in [1.82, 2.24) is 4.90 Å². The minimum Gasteiger partial charge on any atom is -0.370 e. The molecule has 0 radical (unpaired) electrons. The van der Waals surface area contributed by atoms with Crippen LogP contribution in [0.5, 0.6) is 0 Å². The zero-order valence-electron chi connectivity index (χ0n) is 14.4. The number of rotatable bonds is 3. The summed E-state index contributed by atoms with van der Waals surface area (Å²) in [7, 11) is 0. The van der Waals surface area contributed by atoms with Crippen molar-refractivity contribution in [2.24, 2.45) is 5.73 Å². The van der Waals surface area contributed by atoms with Crippen molar-refractivity contribution in [3.05, 3.63) is 35.4 Å². The standard InChI is InChI=1S/C18H22F2N2O3/c1-17(2)10-18(13(25-17)9-14(21)23)7-4-8-22(18)16(24)11-5-3-6-12(19)15(11)20/h3,5-6,13H,4,7-10H2,1-2H3,(H2,21,23)/t13-,18+/m0/s1. The SMILES string of the molecule is CC1(C)C[C@]2(CCCN2C(=O)c2cccc(F)c2F)[C@H](CC(N)=O)O1. The molecule has 1 aromatic rings. The monoisotopic (exact) mass is 352 g/mol. The molecule has 2 aliphatic heterocycles. The van der Waals surface area contributed by atoms with E-state index in [4.69, 9.17) is 10.5 Å². The highest BCUT2D eigenvalue weighted by Gasteiger charge is 2.58. The summed E-state index contributed by atoms with van der Waals surface area (Å²) in [5, 5.41) is 0. The van der Waals surface area contributed by atoms with Crippen LogP contribution in [-0.2, 0) is 9.53 Å². The summed E-state index contributed by atoms with van der Waals surface area (Å²) in [6.45, 7) is 4.18. The minimum absolute atomic E-state index is 0.0150. The molecule has 2 aliphatic rings. The molecule has 2 amide bonds. The fraction of sp³-hybridized carbons (Fsp3) is 0.556. The van der Waals surface area contributed by atoms with E-state index in [0.29, 0.717) is 25.8 Å². The average Bonchev–Trinajstić information content (AvgIpc) is 3.02. The van der Waals surface area contributed by atoms with Crippen molar-refractivity contribution in [2.45, 2.75) is 56.8 Å². The molecule has 2 saturated heterocycles. The van der Waals surface area contributed by atoms with Crippen LogP contribution in [0.1, 0.15) is 49.9 Å². The van der Waals surface area contributed by atoms with Crippen molar-refractivity contribution in [3.63, 3.8) is 0 Å². The van der Waals surface area contributed by atoms with Gasteiger partial charge in [-0.1, -0.05) is 6.07 Å². The Morgan fingerprint density at radius 2 is 2.08 bits per heavy atom. The molecule has 5 nitrogen and oxygen atoms in total. The van der Waals surface area contributed by atoms with Crippen LogP contribution >= 0.6 is 0 Å². The van der Waals surface area contributed by atoms with Crippen LogP contribution in [0.15, 0.2) is 18.2 Å². The molecule has 0 saturated carbocycles. The molecule has 2 heterocycles. The number of halogens is 2. The molecule has 0 aromatic heterocycles. The van der Waals surface area contributed by atoms with Gasteiger partial charge in [-0.25, -0.2) is 8.78 Å². The van der Waals surface area contributed by atoms with Gasteiger partial charge < -0.3 is 15.4 Å². The number of nitrogens with two attached hydrogens (primary N) is 1. The summed E-state index contributed by atoms with van der Waals surface area (Å²) < 4.78 is 33.7. The van der Waals surface area contributed by atoms with Crippen molar-refractivity contribution in [2.75, 3.05) is 6.54 Å². The summed E-state index contributed by atoms with van der Waals surface area (Å²) in [5.41, 5.74) is 3.79. The smallest absolute Gasteiger partial charge is 0.257 e. The van der Waals surface area contributed by atoms with Crippen LogP contribution in [0.25, 0.3) is 0 Å². The molecule has 2 N–H and O–H groups in total. The molecular formula is C18H22F2N2O3. The average molecular weight is 352 g/mol. The Balaban J connectivity index is 1.99. The summed E-state index contributed by atoms with van der Waals surface area (Å²) in [5.74, 6) is -3.31. The second kappa shape index (κ2) is 6.05. The molecule has 0 aliphatic carbocycles. The van der Waals surface area contributed by atoms with Gasteiger partial charge in [-0.05, 0) is 38.8 Å². The number of ether oxygens (including phenoxy) is 1. The molecule has 1 spiro atoms. The lowest BCUT2D eigenvalue weighted by atomic mass is 9.82. The topological polar surface area (TPSA) is 72.6 Å². The lowest BCUT2D eigenvalue weighted by molar-refractivity contribution is -0.123. The number of benzene rings is 1. The molecule has 7 heteroatoms. The van der Waals surface area contributed by atoms with Crippen LogP contribution < -0.4 is 5.73 Å². The largest absolute Gasteiger partial charge is 0.370 e. The highest BCUT2D eigenvalue weighted by atomic mass is 19.2. The van der Waals surface area contributed by atoms with Gasteiger partial charge in [0.2, 0.25) is 5.91 Å². The maximum atomic E-state index is 14.1. The molecule has 136 valence electrons. The van der Waals surface area contributed by atoms with Gasteiger partial charge in [0, 0.05) is 13.0 Å². The van der Waals surface area contributed by atoms with Gasteiger partial charge in [0.15, 0.2) is 11.6 Å². The molecular weight excluding hydrogens is 330 g/mol. The first-order valence-electron chi connectivity index (χ1n) is 8.38. The molecule has 1 aromatic carbocycles. The molecule has 0 bridgehead atoms. The van der Waals surface area contributed by atoms with E-state index in [1.807, 2.05) is 13.8 Å². The van der Waals surface area contributed by atoms with Crippen molar-refractivity contribution >= 4 is 11.8 Å². The fourth-order valence-electron chi connectivity index (χ4n) is 4.34. The second-order valence-corrected chi connectivity index (χ2v) is 7.48. The first-order chi connectivity index (χ1) is 11.7. The van der Waals surface area contributed by atoms with E-state index in [1.165, 1.54) is 12.1 Å². The van der Waals surface area contributed by atoms with Crippen LogP contribution in [0.4, 0.5) is 8.78 Å². The predicted octanol–water partition coefficient (Wildman–Crippen LogP) is 2.38. The van der Waals surface area contributed by atoms with Gasteiger partial charge in [-0.2, -0.15) is 0 Å². The normalized spacial score (nSPS) is 27.8. The minimum atomic E-state index is -1.15. The molecule has 25 heavy (non-hydrogen) atoms. The second-order valence-electron chi connectivity index (χ2n) is 7.48. The first-order valence-corrected chi connectivity index (χ1v) is 8.38. The number of nitrogens with zero attached hydrogens (tertiary/aromatic N) is 1. The summed E-state index contributed by atoms with van der Waals surface area (Å²) in [4.78, 5) is 26.0. The maximum absolute atomic E-state index is 14.1. The Kier molecular flexibility index (Phi) is 4.31.